The van der Waals surface area contributed by atoms with Gasteiger partial charge in [-0.3, -0.25) is 4.79 Å². The summed E-state index contributed by atoms with van der Waals surface area (Å²) in [6.07, 6.45) is 104. The lowest BCUT2D eigenvalue weighted by Gasteiger charge is -2.19. The van der Waals surface area contributed by atoms with E-state index in [9.17, 15) is 15.0 Å². The van der Waals surface area contributed by atoms with Gasteiger partial charge in [-0.25, -0.2) is 0 Å². The minimum absolute atomic E-state index is 0.103. The number of unbranched alkanes of at least 4 members (excludes halogenated alkanes) is 21. The molecule has 2 atom stereocenters. The molecule has 0 bridgehead atoms. The number of aliphatic hydroxyl groups is 2. The summed E-state index contributed by atoms with van der Waals surface area (Å²) in [6, 6.07) is -0.671. The van der Waals surface area contributed by atoms with E-state index >= 15 is 0 Å². The first kappa shape index (κ1) is 70.8. The van der Waals surface area contributed by atoms with Gasteiger partial charge in [0, 0.05) is 6.42 Å². The lowest BCUT2D eigenvalue weighted by atomic mass is 10.0. The van der Waals surface area contributed by atoms with Crippen LogP contribution in [-0.2, 0) is 4.79 Å². The lowest BCUT2D eigenvalue weighted by Crippen LogP contribution is -2.45. The molecular weight excluding hydrogens is 915 g/mol. The van der Waals surface area contributed by atoms with Gasteiger partial charge in [0.2, 0.25) is 5.91 Å². The van der Waals surface area contributed by atoms with Crippen LogP contribution < -0.4 is 5.32 Å². The molecule has 0 aliphatic carbocycles. The maximum Gasteiger partial charge on any atom is 0.220 e. The second-order valence-corrected chi connectivity index (χ2v) is 20.0. The molecule has 0 fully saturated rings. The van der Waals surface area contributed by atoms with Crippen molar-refractivity contribution in [2.75, 3.05) is 6.61 Å². The van der Waals surface area contributed by atoms with Gasteiger partial charge in [0.15, 0.2) is 0 Å². The summed E-state index contributed by atoms with van der Waals surface area (Å²) in [5.74, 6) is -0.103. The molecule has 0 rings (SSSR count). The highest BCUT2D eigenvalue weighted by atomic mass is 16.3. The van der Waals surface area contributed by atoms with Gasteiger partial charge in [-0.05, 0) is 128 Å². The number of nitrogens with one attached hydrogen (secondary N) is 1. The molecule has 75 heavy (non-hydrogen) atoms. The minimum Gasteiger partial charge on any atom is -0.394 e. The number of allylic oxidation sites excluding steroid dienone is 27. The van der Waals surface area contributed by atoms with Crippen LogP contribution in [0, 0.1) is 0 Å². The second kappa shape index (κ2) is 64.0. The van der Waals surface area contributed by atoms with Gasteiger partial charge < -0.3 is 15.5 Å². The molecule has 4 heteroatoms. The van der Waals surface area contributed by atoms with E-state index in [0.717, 1.165) is 128 Å². The Morgan fingerprint density at radius 1 is 0.333 bits per heavy atom. The van der Waals surface area contributed by atoms with Crippen molar-refractivity contribution in [1.82, 2.24) is 5.32 Å². The molecule has 0 aliphatic heterocycles. The summed E-state index contributed by atoms with van der Waals surface area (Å²) >= 11 is 0. The maximum atomic E-state index is 12.5. The van der Waals surface area contributed by atoms with Gasteiger partial charge >= 0.3 is 0 Å². The highest BCUT2D eigenvalue weighted by Gasteiger charge is 2.17. The summed E-state index contributed by atoms with van der Waals surface area (Å²) in [5, 5.41) is 23.2. The first-order chi connectivity index (χ1) is 37.2. The van der Waals surface area contributed by atoms with Crippen LogP contribution in [0.4, 0.5) is 0 Å². The van der Waals surface area contributed by atoms with Crippen molar-refractivity contribution in [1.29, 1.82) is 0 Å². The van der Waals surface area contributed by atoms with Crippen LogP contribution in [0.3, 0.4) is 0 Å². The molecule has 0 radical (unpaired) electrons. The molecule has 0 aromatic carbocycles. The fraction of sp³-hybridized carbons (Fsp3) is 0.592. The summed E-state index contributed by atoms with van der Waals surface area (Å²) in [4.78, 5) is 12.5. The third kappa shape index (κ3) is 60.5. The lowest BCUT2D eigenvalue weighted by molar-refractivity contribution is -0.123. The topological polar surface area (TPSA) is 69.6 Å². The molecule has 0 saturated heterocycles. The van der Waals surface area contributed by atoms with Crippen molar-refractivity contribution < 1.29 is 15.0 Å². The standard InChI is InChI=1S/C71H115NO3/c1-3-5-7-9-11-13-15-17-19-21-23-25-27-29-30-31-32-33-34-35-36-37-38-39-40-41-42-43-45-47-49-51-53-55-57-59-61-63-65-67-71(75)72-69(68-73)70(74)66-64-62-60-58-56-54-52-50-48-46-44-28-26-24-22-20-18-16-14-12-10-8-6-4-2/h5,7,11,13,17,19,23,25,29-30,32-33,35-36,38-39,41-42,45,47-48,50-51,53,56,58,64,66,69-70,73-74H,3-4,6,8-10,12,14-16,18,20-22,24,26-28,31,34,37,40,43-44,46,49,52,54-55,57,59-63,65,67-68H2,1-2H3,(H,72,75)/b7-5-,13-11-,19-17-,25-23-,30-29-,33-32-,36-35-,39-38-,42-41-,47-45-,50-48+,53-51-,58-56+,66-64+. The Morgan fingerprint density at radius 3 is 0.933 bits per heavy atom. The van der Waals surface area contributed by atoms with Crippen molar-refractivity contribution in [2.45, 2.75) is 264 Å². The molecule has 422 valence electrons. The van der Waals surface area contributed by atoms with E-state index in [1.165, 1.54) is 103 Å². The summed E-state index contributed by atoms with van der Waals surface area (Å²) in [5.41, 5.74) is 0. The molecule has 0 saturated carbocycles. The van der Waals surface area contributed by atoms with Crippen molar-refractivity contribution in [3.05, 3.63) is 170 Å². The predicted octanol–water partition coefficient (Wildman–Crippen LogP) is 21.1. The van der Waals surface area contributed by atoms with Gasteiger partial charge in [0.1, 0.15) is 0 Å². The van der Waals surface area contributed by atoms with Gasteiger partial charge in [-0.2, -0.15) is 0 Å². The highest BCUT2D eigenvalue weighted by Crippen LogP contribution is 2.14. The number of aliphatic hydroxyl groups excluding tert-OH is 2. The fourth-order valence-electron chi connectivity index (χ4n) is 8.27. The van der Waals surface area contributed by atoms with Gasteiger partial charge in [0.05, 0.1) is 18.8 Å². The SMILES string of the molecule is CC/C=C\C/C=C\C/C=C\C/C=C\C/C=C\C/C=C\C/C=C\C/C=C\C/C=C\C/C=C\C/C=C\CCCCCCCC(=O)NC(CO)C(O)/C=C/CC/C=C/CC/C=C/CCCCCCCCCCCCCCCC. The summed E-state index contributed by atoms with van der Waals surface area (Å²) in [6.45, 7) is 4.17. The third-order valence-corrected chi connectivity index (χ3v) is 12.9. The predicted molar refractivity (Wildman–Crippen MR) is 335 cm³/mol. The van der Waals surface area contributed by atoms with Gasteiger partial charge in [0.25, 0.3) is 0 Å². The molecule has 2 unspecified atom stereocenters. The highest BCUT2D eigenvalue weighted by molar-refractivity contribution is 5.76. The average Bonchev–Trinajstić information content (AvgIpc) is 3.41. The number of carbonyl (C=O) groups excluding carboxylic acids is 1. The average molecular weight is 1030 g/mol. The van der Waals surface area contributed by atoms with E-state index in [-0.39, 0.29) is 12.5 Å². The second-order valence-electron chi connectivity index (χ2n) is 20.0. The smallest absolute Gasteiger partial charge is 0.220 e. The van der Waals surface area contributed by atoms with Crippen molar-refractivity contribution >= 4 is 5.91 Å². The van der Waals surface area contributed by atoms with Crippen LogP contribution in [0.1, 0.15) is 251 Å². The monoisotopic (exact) mass is 1030 g/mol. The molecule has 0 aromatic rings. The number of hydrogen-bond donors (Lipinski definition) is 3. The fourth-order valence-corrected chi connectivity index (χ4v) is 8.27. The molecular formula is C71H115NO3. The molecule has 1 amide bonds. The van der Waals surface area contributed by atoms with E-state index in [0.29, 0.717) is 6.42 Å². The zero-order chi connectivity index (χ0) is 54.1. The van der Waals surface area contributed by atoms with Crippen LogP contribution in [0.2, 0.25) is 0 Å². The Balaban J connectivity index is 3.72. The Bertz CT molecular complexity index is 1640. The Labute approximate surface area is 464 Å². The minimum atomic E-state index is -0.893. The number of rotatable bonds is 54. The largest absolute Gasteiger partial charge is 0.394 e. The Kier molecular flexibility index (Phi) is 60.4. The Morgan fingerprint density at radius 2 is 0.600 bits per heavy atom. The van der Waals surface area contributed by atoms with Crippen LogP contribution in [0.15, 0.2) is 170 Å². The van der Waals surface area contributed by atoms with Crippen molar-refractivity contribution in [2.24, 2.45) is 0 Å². The Hall–Kier alpha value is -4.25. The number of amides is 1. The third-order valence-electron chi connectivity index (χ3n) is 12.9. The first-order valence-corrected chi connectivity index (χ1v) is 30.8. The van der Waals surface area contributed by atoms with Crippen molar-refractivity contribution in [3.63, 3.8) is 0 Å². The zero-order valence-corrected chi connectivity index (χ0v) is 48.5. The number of carbonyl (C=O) groups is 1. The molecule has 0 aromatic heterocycles. The zero-order valence-electron chi connectivity index (χ0n) is 48.5. The molecule has 4 nitrogen and oxygen atoms in total. The number of hydrogen-bond acceptors (Lipinski definition) is 3. The summed E-state index contributed by atoms with van der Waals surface area (Å²) in [7, 11) is 0. The van der Waals surface area contributed by atoms with E-state index in [1.54, 1.807) is 6.08 Å². The quantitative estimate of drug-likeness (QED) is 0.0420. The van der Waals surface area contributed by atoms with E-state index in [1.807, 2.05) is 6.08 Å². The maximum absolute atomic E-state index is 12.5. The van der Waals surface area contributed by atoms with Crippen molar-refractivity contribution in [3.8, 4) is 0 Å². The van der Waals surface area contributed by atoms with Crippen LogP contribution in [0.5, 0.6) is 0 Å². The van der Waals surface area contributed by atoms with Gasteiger partial charge in [-0.15, -0.1) is 0 Å². The van der Waals surface area contributed by atoms with Gasteiger partial charge in [-0.1, -0.05) is 287 Å². The first-order valence-electron chi connectivity index (χ1n) is 30.8. The summed E-state index contributed by atoms with van der Waals surface area (Å²) < 4.78 is 0. The van der Waals surface area contributed by atoms with Crippen LogP contribution in [0.25, 0.3) is 0 Å². The van der Waals surface area contributed by atoms with Crippen LogP contribution >= 0.6 is 0 Å². The van der Waals surface area contributed by atoms with E-state index < -0.39 is 12.1 Å². The van der Waals surface area contributed by atoms with E-state index in [2.05, 4.69) is 177 Å². The molecule has 0 heterocycles. The normalized spacial score (nSPS) is 14.0. The van der Waals surface area contributed by atoms with E-state index in [4.69, 9.17) is 0 Å². The molecule has 0 spiro atoms. The molecule has 3 N–H and O–H groups in total. The molecule has 0 aliphatic rings. The van der Waals surface area contributed by atoms with Crippen LogP contribution in [-0.4, -0.2) is 34.9 Å².